The zero-order chi connectivity index (χ0) is 14.0. The van der Waals surface area contributed by atoms with E-state index in [0.717, 1.165) is 12.0 Å². The van der Waals surface area contributed by atoms with Crippen LogP contribution in [0.5, 0.6) is 0 Å². The summed E-state index contributed by atoms with van der Waals surface area (Å²) in [4.78, 5) is 0. The molecule has 3 N–H and O–H groups in total. The molecule has 0 amide bonds. The van der Waals surface area contributed by atoms with Crippen molar-refractivity contribution in [2.75, 3.05) is 0 Å². The molecule has 0 saturated heterocycles. The molecule has 1 aromatic carbocycles. The van der Waals surface area contributed by atoms with E-state index in [9.17, 15) is 4.39 Å². The van der Waals surface area contributed by atoms with E-state index in [2.05, 4.69) is 19.3 Å². The summed E-state index contributed by atoms with van der Waals surface area (Å²) in [6.45, 7) is 4.58. The highest BCUT2D eigenvalue weighted by molar-refractivity contribution is 6.30. The number of hydrazine groups is 1. The lowest BCUT2D eigenvalue weighted by Gasteiger charge is -2.34. The third-order valence-corrected chi connectivity index (χ3v) is 4.79. The molecule has 1 aromatic rings. The maximum Gasteiger partial charge on any atom is 0.142 e. The normalized spacial score (nSPS) is 23.5. The number of nitrogens with two attached hydrogens (primary N) is 1. The Labute approximate surface area is 119 Å². The Kier molecular flexibility index (Phi) is 4.49. The van der Waals surface area contributed by atoms with Crippen molar-refractivity contribution in [2.24, 2.45) is 17.2 Å². The molecule has 2 unspecified atom stereocenters. The molecule has 2 atom stereocenters. The Morgan fingerprint density at radius 1 is 1.53 bits per heavy atom. The van der Waals surface area contributed by atoms with E-state index in [1.54, 1.807) is 6.07 Å². The van der Waals surface area contributed by atoms with E-state index in [1.165, 1.54) is 25.3 Å². The number of hydrogen-bond donors (Lipinski definition) is 2. The summed E-state index contributed by atoms with van der Waals surface area (Å²) in [7, 11) is 0. The summed E-state index contributed by atoms with van der Waals surface area (Å²) in [6.07, 6.45) is 4.38. The molecular formula is C15H22ClFN2. The summed E-state index contributed by atoms with van der Waals surface area (Å²) in [5.41, 5.74) is 4.16. The lowest BCUT2D eigenvalue weighted by molar-refractivity contribution is 0.196. The van der Waals surface area contributed by atoms with Crippen molar-refractivity contribution >= 4 is 11.6 Å². The lowest BCUT2D eigenvalue weighted by Crippen LogP contribution is -2.45. The second-order valence-electron chi connectivity index (χ2n) is 6.21. The Hall–Kier alpha value is -0.640. The van der Waals surface area contributed by atoms with Crippen molar-refractivity contribution in [3.05, 3.63) is 34.6 Å². The minimum Gasteiger partial charge on any atom is -0.271 e. The van der Waals surface area contributed by atoms with Gasteiger partial charge in [0, 0.05) is 6.04 Å². The second-order valence-corrected chi connectivity index (χ2v) is 6.62. The van der Waals surface area contributed by atoms with Gasteiger partial charge in [-0.1, -0.05) is 37.9 Å². The fourth-order valence-corrected chi connectivity index (χ4v) is 3.45. The van der Waals surface area contributed by atoms with Crippen molar-refractivity contribution < 1.29 is 4.39 Å². The average Bonchev–Trinajstić information content (AvgIpc) is 2.70. The van der Waals surface area contributed by atoms with Crippen LogP contribution in [0.15, 0.2) is 18.2 Å². The standard InChI is InChI=1S/C15H22ClFN2/c1-15(2)7-3-4-11(15)14(19-18)9-10-5-6-12(16)13(17)8-10/h5-6,8,11,14,19H,3-4,7,9,18H2,1-2H3. The predicted octanol–water partition coefficient (Wildman–Crippen LogP) is 3.68. The molecule has 1 saturated carbocycles. The maximum atomic E-state index is 13.5. The summed E-state index contributed by atoms with van der Waals surface area (Å²) in [6, 6.07) is 5.17. The third-order valence-electron chi connectivity index (χ3n) is 4.48. The second kappa shape index (κ2) is 5.78. The molecule has 1 fully saturated rings. The first-order chi connectivity index (χ1) is 8.94. The van der Waals surface area contributed by atoms with Gasteiger partial charge in [0.2, 0.25) is 0 Å². The van der Waals surface area contributed by atoms with Gasteiger partial charge in [0.15, 0.2) is 0 Å². The van der Waals surface area contributed by atoms with Gasteiger partial charge in [-0.3, -0.25) is 11.3 Å². The lowest BCUT2D eigenvalue weighted by atomic mass is 9.76. The van der Waals surface area contributed by atoms with Crippen LogP contribution in [0.25, 0.3) is 0 Å². The molecule has 2 nitrogen and oxygen atoms in total. The van der Waals surface area contributed by atoms with Crippen LogP contribution in [0, 0.1) is 17.2 Å². The van der Waals surface area contributed by atoms with E-state index >= 15 is 0 Å². The largest absolute Gasteiger partial charge is 0.271 e. The smallest absolute Gasteiger partial charge is 0.142 e. The van der Waals surface area contributed by atoms with Crippen molar-refractivity contribution in [2.45, 2.75) is 45.6 Å². The molecule has 1 aliphatic carbocycles. The summed E-state index contributed by atoms with van der Waals surface area (Å²) >= 11 is 5.71. The van der Waals surface area contributed by atoms with E-state index in [-0.39, 0.29) is 16.9 Å². The quantitative estimate of drug-likeness (QED) is 0.654. The van der Waals surface area contributed by atoms with Crippen molar-refractivity contribution in [3.63, 3.8) is 0 Å². The highest BCUT2D eigenvalue weighted by Gasteiger charge is 2.39. The summed E-state index contributed by atoms with van der Waals surface area (Å²) < 4.78 is 13.5. The first kappa shape index (κ1) is 14.8. The van der Waals surface area contributed by atoms with Crippen LogP contribution in [0.2, 0.25) is 5.02 Å². The predicted molar refractivity (Wildman–Crippen MR) is 77.3 cm³/mol. The minimum absolute atomic E-state index is 0.169. The van der Waals surface area contributed by atoms with Crippen LogP contribution >= 0.6 is 11.6 Å². The van der Waals surface area contributed by atoms with Crippen LogP contribution in [-0.2, 0) is 6.42 Å². The molecule has 0 aromatic heterocycles. The van der Waals surface area contributed by atoms with Gasteiger partial charge in [-0.05, 0) is 48.3 Å². The van der Waals surface area contributed by atoms with Crippen molar-refractivity contribution in [3.8, 4) is 0 Å². The van der Waals surface area contributed by atoms with Gasteiger partial charge >= 0.3 is 0 Å². The topological polar surface area (TPSA) is 38.0 Å². The molecule has 0 heterocycles. The van der Waals surface area contributed by atoms with Crippen LogP contribution in [0.3, 0.4) is 0 Å². The Morgan fingerprint density at radius 2 is 2.26 bits per heavy atom. The Morgan fingerprint density at radius 3 is 2.79 bits per heavy atom. The zero-order valence-electron chi connectivity index (χ0n) is 11.5. The first-order valence-electron chi connectivity index (χ1n) is 6.84. The molecule has 0 spiro atoms. The summed E-state index contributed by atoms with van der Waals surface area (Å²) in [5, 5.41) is 0.169. The van der Waals surface area contributed by atoms with Gasteiger partial charge in [0.1, 0.15) is 5.82 Å². The van der Waals surface area contributed by atoms with E-state index in [4.69, 9.17) is 17.4 Å². The average molecular weight is 285 g/mol. The number of halogens is 2. The molecule has 0 aliphatic heterocycles. The van der Waals surface area contributed by atoms with Crippen molar-refractivity contribution in [1.29, 1.82) is 0 Å². The first-order valence-corrected chi connectivity index (χ1v) is 7.22. The van der Waals surface area contributed by atoms with E-state index in [1.807, 2.05) is 6.07 Å². The Bertz CT molecular complexity index is 448. The maximum absolute atomic E-state index is 13.5. The van der Waals surface area contributed by atoms with Gasteiger partial charge in [0.05, 0.1) is 5.02 Å². The summed E-state index contributed by atoms with van der Waals surface area (Å²) in [5.74, 6) is 5.88. The van der Waals surface area contributed by atoms with Gasteiger partial charge in [-0.25, -0.2) is 4.39 Å². The fourth-order valence-electron chi connectivity index (χ4n) is 3.34. The van der Waals surface area contributed by atoms with Crippen LogP contribution < -0.4 is 11.3 Å². The molecule has 1 aliphatic rings. The van der Waals surface area contributed by atoms with Crippen molar-refractivity contribution in [1.82, 2.24) is 5.43 Å². The van der Waals surface area contributed by atoms with Crippen LogP contribution in [0.4, 0.5) is 4.39 Å². The molecule has 0 radical (unpaired) electrons. The van der Waals surface area contributed by atoms with Crippen LogP contribution in [-0.4, -0.2) is 6.04 Å². The molecule has 2 rings (SSSR count). The number of hydrogen-bond acceptors (Lipinski definition) is 2. The molecule has 4 heteroatoms. The van der Waals surface area contributed by atoms with Gasteiger partial charge < -0.3 is 0 Å². The Balaban J connectivity index is 2.12. The zero-order valence-corrected chi connectivity index (χ0v) is 12.3. The molecule has 19 heavy (non-hydrogen) atoms. The van der Waals surface area contributed by atoms with E-state index in [0.29, 0.717) is 11.3 Å². The van der Waals surface area contributed by atoms with Gasteiger partial charge in [-0.15, -0.1) is 0 Å². The van der Waals surface area contributed by atoms with E-state index < -0.39 is 0 Å². The highest BCUT2D eigenvalue weighted by Crippen LogP contribution is 2.44. The molecule has 0 bridgehead atoms. The monoisotopic (exact) mass is 284 g/mol. The van der Waals surface area contributed by atoms with Gasteiger partial charge in [0.25, 0.3) is 0 Å². The highest BCUT2D eigenvalue weighted by atomic mass is 35.5. The number of rotatable bonds is 4. The van der Waals surface area contributed by atoms with Crippen LogP contribution in [0.1, 0.15) is 38.7 Å². The number of nitrogens with one attached hydrogen (secondary N) is 1. The fraction of sp³-hybridized carbons (Fsp3) is 0.600. The number of benzene rings is 1. The van der Waals surface area contributed by atoms with Gasteiger partial charge in [-0.2, -0.15) is 0 Å². The SMILES string of the molecule is CC1(C)CCCC1C(Cc1ccc(Cl)c(F)c1)NN. The molecular weight excluding hydrogens is 263 g/mol. The minimum atomic E-state index is -0.361. The third kappa shape index (κ3) is 3.28. The molecule has 106 valence electrons.